The van der Waals surface area contributed by atoms with Crippen molar-refractivity contribution in [3.05, 3.63) is 6.20 Å². The zero-order chi connectivity index (χ0) is 7.72. The van der Waals surface area contributed by atoms with Crippen molar-refractivity contribution in [2.75, 3.05) is 24.7 Å². The molecule has 0 aliphatic rings. The van der Waals surface area contributed by atoms with Crippen LogP contribution in [0, 0.1) is 0 Å². The van der Waals surface area contributed by atoms with Crippen LogP contribution in [0.4, 0.5) is 11.5 Å². The van der Waals surface area contributed by atoms with E-state index in [9.17, 15) is 0 Å². The van der Waals surface area contributed by atoms with Crippen LogP contribution in [-0.2, 0) is 7.05 Å². The molecule has 0 aliphatic heterocycles. The molecule has 0 aromatic carbocycles. The smallest absolute Gasteiger partial charge is 0.149 e. The molecule has 1 rings (SSSR count). The standard InChI is InChI=1S/C6H12N4/c1-9(2)6-5(7)4-8-10(6)3/h4H,7H2,1-3H3. The minimum atomic E-state index is 0.715. The zero-order valence-corrected chi connectivity index (χ0v) is 6.50. The Morgan fingerprint density at radius 3 is 2.40 bits per heavy atom. The maximum absolute atomic E-state index is 5.62. The van der Waals surface area contributed by atoms with E-state index in [-0.39, 0.29) is 0 Å². The summed E-state index contributed by atoms with van der Waals surface area (Å²) in [7, 11) is 5.74. The lowest BCUT2D eigenvalue weighted by atomic mass is 10.5. The molecule has 1 heterocycles. The highest BCUT2D eigenvalue weighted by atomic mass is 15.3. The summed E-state index contributed by atoms with van der Waals surface area (Å²) in [5.41, 5.74) is 6.33. The highest BCUT2D eigenvalue weighted by molar-refractivity contribution is 5.61. The van der Waals surface area contributed by atoms with Gasteiger partial charge in [-0.2, -0.15) is 5.10 Å². The topological polar surface area (TPSA) is 47.1 Å². The van der Waals surface area contributed by atoms with Crippen LogP contribution in [0.15, 0.2) is 6.20 Å². The normalized spacial score (nSPS) is 9.90. The summed E-state index contributed by atoms with van der Waals surface area (Å²) in [6.45, 7) is 0. The van der Waals surface area contributed by atoms with Crippen molar-refractivity contribution in [1.29, 1.82) is 0 Å². The minimum Gasteiger partial charge on any atom is -0.394 e. The quantitative estimate of drug-likeness (QED) is 0.600. The first-order valence-electron chi connectivity index (χ1n) is 3.07. The molecule has 0 saturated heterocycles. The van der Waals surface area contributed by atoms with Crippen LogP contribution in [0.1, 0.15) is 0 Å². The third-order valence-electron chi connectivity index (χ3n) is 1.36. The van der Waals surface area contributed by atoms with E-state index in [0.29, 0.717) is 5.69 Å². The largest absolute Gasteiger partial charge is 0.394 e. The van der Waals surface area contributed by atoms with E-state index in [1.54, 1.807) is 10.9 Å². The number of rotatable bonds is 1. The molecule has 1 aromatic heterocycles. The summed E-state index contributed by atoms with van der Waals surface area (Å²) >= 11 is 0. The van der Waals surface area contributed by atoms with Crippen molar-refractivity contribution in [3.63, 3.8) is 0 Å². The number of aromatic nitrogens is 2. The Morgan fingerprint density at radius 2 is 2.20 bits per heavy atom. The van der Waals surface area contributed by atoms with Crippen LogP contribution in [-0.4, -0.2) is 23.9 Å². The first kappa shape index (κ1) is 6.92. The van der Waals surface area contributed by atoms with Gasteiger partial charge in [-0.1, -0.05) is 0 Å². The van der Waals surface area contributed by atoms with Crippen molar-refractivity contribution in [3.8, 4) is 0 Å². The van der Waals surface area contributed by atoms with Gasteiger partial charge in [0, 0.05) is 21.1 Å². The average molecular weight is 140 g/mol. The van der Waals surface area contributed by atoms with Crippen LogP contribution in [0.3, 0.4) is 0 Å². The number of hydrogen-bond acceptors (Lipinski definition) is 3. The second-order valence-electron chi connectivity index (χ2n) is 2.44. The Hall–Kier alpha value is -1.19. The van der Waals surface area contributed by atoms with Crippen molar-refractivity contribution in [2.24, 2.45) is 7.05 Å². The van der Waals surface area contributed by atoms with Gasteiger partial charge >= 0.3 is 0 Å². The lowest BCUT2D eigenvalue weighted by molar-refractivity contribution is 0.755. The van der Waals surface area contributed by atoms with Gasteiger partial charge in [-0.3, -0.25) is 4.68 Å². The molecule has 0 unspecified atom stereocenters. The average Bonchev–Trinajstić information content (AvgIpc) is 2.11. The highest BCUT2D eigenvalue weighted by Crippen LogP contribution is 2.17. The van der Waals surface area contributed by atoms with Crippen LogP contribution < -0.4 is 10.6 Å². The Kier molecular flexibility index (Phi) is 1.53. The molecule has 2 N–H and O–H groups in total. The van der Waals surface area contributed by atoms with Crippen molar-refractivity contribution in [2.45, 2.75) is 0 Å². The van der Waals surface area contributed by atoms with E-state index in [2.05, 4.69) is 5.10 Å². The van der Waals surface area contributed by atoms with Crippen molar-refractivity contribution < 1.29 is 0 Å². The number of nitrogens with zero attached hydrogens (tertiary/aromatic N) is 3. The third kappa shape index (κ3) is 0.920. The van der Waals surface area contributed by atoms with E-state index >= 15 is 0 Å². The van der Waals surface area contributed by atoms with Gasteiger partial charge in [0.15, 0.2) is 0 Å². The van der Waals surface area contributed by atoms with Gasteiger partial charge in [-0.15, -0.1) is 0 Å². The molecular formula is C6H12N4. The molecule has 0 bridgehead atoms. The molecule has 0 radical (unpaired) electrons. The molecule has 0 fully saturated rings. The van der Waals surface area contributed by atoms with E-state index in [4.69, 9.17) is 5.73 Å². The van der Waals surface area contributed by atoms with Gasteiger partial charge in [0.25, 0.3) is 0 Å². The lowest BCUT2D eigenvalue weighted by Gasteiger charge is -2.12. The van der Waals surface area contributed by atoms with Gasteiger partial charge in [-0.25, -0.2) is 0 Å². The Balaban J connectivity index is 3.10. The minimum absolute atomic E-state index is 0.715. The molecule has 0 aliphatic carbocycles. The summed E-state index contributed by atoms with van der Waals surface area (Å²) in [6.07, 6.45) is 1.65. The van der Waals surface area contributed by atoms with E-state index < -0.39 is 0 Å². The second-order valence-corrected chi connectivity index (χ2v) is 2.44. The second kappa shape index (κ2) is 2.21. The van der Waals surface area contributed by atoms with E-state index in [0.717, 1.165) is 5.82 Å². The Bertz CT molecular complexity index is 206. The fourth-order valence-electron chi connectivity index (χ4n) is 0.996. The predicted molar refractivity (Wildman–Crippen MR) is 41.9 cm³/mol. The van der Waals surface area contributed by atoms with E-state index in [1.807, 2.05) is 26.0 Å². The van der Waals surface area contributed by atoms with Gasteiger partial charge in [-0.05, 0) is 0 Å². The number of hydrogen-bond donors (Lipinski definition) is 1. The van der Waals surface area contributed by atoms with Gasteiger partial charge < -0.3 is 10.6 Å². The van der Waals surface area contributed by atoms with Gasteiger partial charge in [0.2, 0.25) is 0 Å². The summed E-state index contributed by atoms with van der Waals surface area (Å²) in [5.74, 6) is 0.944. The Morgan fingerprint density at radius 1 is 1.60 bits per heavy atom. The van der Waals surface area contributed by atoms with Crippen LogP contribution in [0.25, 0.3) is 0 Å². The van der Waals surface area contributed by atoms with Crippen molar-refractivity contribution >= 4 is 11.5 Å². The monoisotopic (exact) mass is 140 g/mol. The SMILES string of the molecule is CN(C)c1c(N)cnn1C. The Labute approximate surface area is 60.2 Å². The molecule has 0 amide bonds. The molecule has 0 spiro atoms. The maximum Gasteiger partial charge on any atom is 0.149 e. The van der Waals surface area contributed by atoms with Crippen LogP contribution >= 0.6 is 0 Å². The zero-order valence-electron chi connectivity index (χ0n) is 6.50. The first-order valence-corrected chi connectivity index (χ1v) is 3.07. The summed E-state index contributed by atoms with van der Waals surface area (Å²) in [4.78, 5) is 1.93. The van der Waals surface area contributed by atoms with Crippen molar-refractivity contribution in [1.82, 2.24) is 9.78 Å². The molecule has 10 heavy (non-hydrogen) atoms. The third-order valence-corrected chi connectivity index (χ3v) is 1.36. The first-order chi connectivity index (χ1) is 4.63. The molecule has 4 nitrogen and oxygen atoms in total. The van der Waals surface area contributed by atoms with Gasteiger partial charge in [0.05, 0.1) is 11.9 Å². The molecule has 1 aromatic rings. The number of aryl methyl sites for hydroxylation is 1. The fourth-order valence-corrected chi connectivity index (χ4v) is 0.996. The van der Waals surface area contributed by atoms with Gasteiger partial charge in [0.1, 0.15) is 5.82 Å². The maximum atomic E-state index is 5.62. The number of anilines is 2. The molecule has 0 atom stereocenters. The fraction of sp³-hybridized carbons (Fsp3) is 0.500. The highest BCUT2D eigenvalue weighted by Gasteiger charge is 2.05. The summed E-state index contributed by atoms with van der Waals surface area (Å²) < 4.78 is 1.75. The molecular weight excluding hydrogens is 128 g/mol. The number of nitrogen functional groups attached to an aromatic ring is 1. The lowest BCUT2D eigenvalue weighted by Crippen LogP contribution is -2.14. The predicted octanol–water partition coefficient (Wildman–Crippen LogP) is 0.0683. The number of nitrogens with two attached hydrogens (primary N) is 1. The molecule has 56 valence electrons. The summed E-state index contributed by atoms with van der Waals surface area (Å²) in [5, 5.41) is 3.99. The summed E-state index contributed by atoms with van der Waals surface area (Å²) in [6, 6.07) is 0. The van der Waals surface area contributed by atoms with E-state index in [1.165, 1.54) is 0 Å². The molecule has 0 saturated carbocycles. The van der Waals surface area contributed by atoms with Crippen LogP contribution in [0.5, 0.6) is 0 Å². The van der Waals surface area contributed by atoms with Crippen LogP contribution in [0.2, 0.25) is 0 Å². The molecule has 4 heteroatoms.